The number of thioether (sulfide) groups is 1. The molecule has 1 aromatic rings. The smallest absolute Gasteiger partial charge is 0.316 e. The maximum atomic E-state index is 11.5. The van der Waals surface area contributed by atoms with E-state index < -0.39 is 22.9 Å². The summed E-state index contributed by atoms with van der Waals surface area (Å²) in [5.74, 6) is -1.02. The fourth-order valence-corrected chi connectivity index (χ4v) is 2.06. The summed E-state index contributed by atoms with van der Waals surface area (Å²) in [6.07, 6.45) is 2.29. The van der Waals surface area contributed by atoms with Gasteiger partial charge in [0.05, 0.1) is 0 Å². The largest absolute Gasteiger partial charge is 0.460 e. The summed E-state index contributed by atoms with van der Waals surface area (Å²) in [6, 6.07) is 6.93. The van der Waals surface area contributed by atoms with Gasteiger partial charge in [0, 0.05) is 16.2 Å². The molecule has 1 aliphatic carbocycles. The van der Waals surface area contributed by atoms with Gasteiger partial charge in [-0.15, -0.1) is 11.8 Å². The minimum absolute atomic E-state index is 0.175. The number of rotatable bonds is 5. The van der Waals surface area contributed by atoms with Gasteiger partial charge in [0.2, 0.25) is 6.04 Å². The number of esters is 1. The van der Waals surface area contributed by atoms with Crippen molar-refractivity contribution < 1.29 is 14.5 Å². The second-order valence-corrected chi connectivity index (χ2v) is 5.03. The lowest BCUT2D eigenvalue weighted by Crippen LogP contribution is -2.13. The molecule has 0 aromatic heterocycles. The molecule has 1 saturated carbocycles. The van der Waals surface area contributed by atoms with Crippen molar-refractivity contribution in [3.05, 3.63) is 39.9 Å². The Bertz CT molecular complexity index is 460. The van der Waals surface area contributed by atoms with Crippen LogP contribution in [0.1, 0.15) is 12.0 Å². The van der Waals surface area contributed by atoms with Gasteiger partial charge >= 0.3 is 5.97 Å². The van der Waals surface area contributed by atoms with E-state index in [4.69, 9.17) is 4.74 Å². The van der Waals surface area contributed by atoms with Crippen LogP contribution in [0, 0.1) is 16.0 Å². The van der Waals surface area contributed by atoms with Crippen LogP contribution in [0.25, 0.3) is 0 Å². The van der Waals surface area contributed by atoms with Crippen molar-refractivity contribution in [2.24, 2.45) is 5.92 Å². The number of hydrogen-bond donors (Lipinski definition) is 0. The zero-order chi connectivity index (χ0) is 13.1. The fraction of sp³-hybridized carbons (Fsp3) is 0.417. The number of nitrogens with zero attached hydrogens (tertiary/aromatic N) is 1. The summed E-state index contributed by atoms with van der Waals surface area (Å²) < 4.78 is 5.06. The predicted molar refractivity (Wildman–Crippen MR) is 66.9 cm³/mol. The lowest BCUT2D eigenvalue weighted by Gasteiger charge is -2.04. The molecule has 0 bridgehead atoms. The van der Waals surface area contributed by atoms with Gasteiger partial charge in [0.1, 0.15) is 12.5 Å². The van der Waals surface area contributed by atoms with Crippen molar-refractivity contribution in [2.75, 3.05) is 6.26 Å². The Morgan fingerprint density at radius 2 is 2.17 bits per heavy atom. The molecule has 18 heavy (non-hydrogen) atoms. The van der Waals surface area contributed by atoms with Crippen LogP contribution >= 0.6 is 11.8 Å². The van der Waals surface area contributed by atoms with E-state index in [0.29, 0.717) is 6.42 Å². The molecule has 1 aliphatic rings. The second kappa shape index (κ2) is 5.39. The molecule has 0 radical (unpaired) electrons. The van der Waals surface area contributed by atoms with Crippen molar-refractivity contribution in [3.63, 3.8) is 0 Å². The minimum atomic E-state index is -0.739. The average Bonchev–Trinajstić information content (AvgIpc) is 3.17. The number of ether oxygens (including phenoxy) is 1. The summed E-state index contributed by atoms with van der Waals surface area (Å²) in [5.41, 5.74) is 0.888. The number of benzene rings is 1. The third-order valence-corrected chi connectivity index (χ3v) is 3.61. The van der Waals surface area contributed by atoms with E-state index in [1.807, 2.05) is 30.5 Å². The second-order valence-electron chi connectivity index (χ2n) is 4.15. The highest BCUT2D eigenvalue weighted by Gasteiger charge is 2.54. The molecule has 0 saturated heterocycles. The summed E-state index contributed by atoms with van der Waals surface area (Å²) >= 11 is 1.64. The molecule has 2 rings (SSSR count). The zero-order valence-corrected chi connectivity index (χ0v) is 10.7. The fourth-order valence-electron chi connectivity index (χ4n) is 1.65. The van der Waals surface area contributed by atoms with Gasteiger partial charge < -0.3 is 4.74 Å². The van der Waals surface area contributed by atoms with Gasteiger partial charge in [-0.05, 0) is 24.0 Å². The Kier molecular flexibility index (Phi) is 3.86. The topological polar surface area (TPSA) is 69.4 Å². The van der Waals surface area contributed by atoms with Crippen molar-refractivity contribution >= 4 is 17.7 Å². The number of hydrogen-bond acceptors (Lipinski definition) is 5. The minimum Gasteiger partial charge on any atom is -0.460 e. The van der Waals surface area contributed by atoms with Crippen LogP contribution in [0.3, 0.4) is 0 Å². The molecular weight excluding hydrogens is 254 g/mol. The molecule has 0 N–H and O–H groups in total. The first-order valence-electron chi connectivity index (χ1n) is 5.55. The number of nitro groups is 1. The lowest BCUT2D eigenvalue weighted by molar-refractivity contribution is -0.497. The molecule has 1 aromatic carbocycles. The average molecular weight is 267 g/mol. The molecule has 0 aliphatic heterocycles. The van der Waals surface area contributed by atoms with Crippen LogP contribution in [0.4, 0.5) is 0 Å². The molecule has 0 amide bonds. The molecule has 96 valence electrons. The van der Waals surface area contributed by atoms with E-state index in [1.165, 1.54) is 0 Å². The standard InChI is InChI=1S/C12H13NO4S/c1-18-9-4-2-8(3-5-9)7-17-12(14)10-6-11(10)13(15)16/h2-5,10-11H,6-7H2,1H3/t10-,11-/m0/s1. The van der Waals surface area contributed by atoms with Gasteiger partial charge in [-0.25, -0.2) is 0 Å². The highest BCUT2D eigenvalue weighted by atomic mass is 32.2. The predicted octanol–water partition coefficient (Wildman–Crippen LogP) is 2.12. The monoisotopic (exact) mass is 267 g/mol. The van der Waals surface area contributed by atoms with Gasteiger partial charge in [-0.2, -0.15) is 0 Å². The van der Waals surface area contributed by atoms with Crippen LogP contribution in [-0.4, -0.2) is 23.2 Å². The van der Waals surface area contributed by atoms with E-state index in [1.54, 1.807) is 11.8 Å². The maximum absolute atomic E-state index is 11.5. The maximum Gasteiger partial charge on any atom is 0.316 e. The first-order valence-corrected chi connectivity index (χ1v) is 6.77. The van der Waals surface area contributed by atoms with E-state index in [0.717, 1.165) is 10.5 Å². The highest BCUT2D eigenvalue weighted by molar-refractivity contribution is 7.98. The number of carbonyl (C=O) groups is 1. The first-order chi connectivity index (χ1) is 8.61. The van der Waals surface area contributed by atoms with Crippen LogP contribution in [0.15, 0.2) is 29.2 Å². The van der Waals surface area contributed by atoms with Gasteiger partial charge in [-0.3, -0.25) is 14.9 Å². The normalized spacial score (nSPS) is 21.4. The van der Waals surface area contributed by atoms with Crippen LogP contribution in [0.5, 0.6) is 0 Å². The van der Waals surface area contributed by atoms with E-state index in [9.17, 15) is 14.9 Å². The zero-order valence-electron chi connectivity index (χ0n) is 9.87. The Morgan fingerprint density at radius 3 is 2.67 bits per heavy atom. The quantitative estimate of drug-likeness (QED) is 0.354. The SMILES string of the molecule is CSc1ccc(COC(=O)[C@H]2C[C@@H]2[N+](=O)[O-])cc1. The summed E-state index contributed by atoms with van der Waals surface area (Å²) in [4.78, 5) is 22.6. The van der Waals surface area contributed by atoms with Crippen molar-refractivity contribution in [3.8, 4) is 0 Å². The summed E-state index contributed by atoms with van der Waals surface area (Å²) in [6.45, 7) is 0.175. The van der Waals surface area contributed by atoms with E-state index >= 15 is 0 Å². The third-order valence-electron chi connectivity index (χ3n) is 2.87. The molecule has 0 heterocycles. The first kappa shape index (κ1) is 12.9. The van der Waals surface area contributed by atoms with Crippen molar-refractivity contribution in [1.82, 2.24) is 0 Å². The Hall–Kier alpha value is -1.56. The van der Waals surface area contributed by atoms with Gasteiger partial charge in [0.15, 0.2) is 0 Å². The molecule has 6 heteroatoms. The molecular formula is C12H13NO4S. The van der Waals surface area contributed by atoms with E-state index in [2.05, 4.69) is 0 Å². The summed E-state index contributed by atoms with van der Waals surface area (Å²) in [7, 11) is 0. The molecule has 1 fully saturated rings. The van der Waals surface area contributed by atoms with Crippen LogP contribution < -0.4 is 0 Å². The molecule has 2 atom stereocenters. The Balaban J connectivity index is 1.81. The van der Waals surface area contributed by atoms with Crippen LogP contribution in [-0.2, 0) is 16.1 Å². The highest BCUT2D eigenvalue weighted by Crippen LogP contribution is 2.34. The molecule has 0 unspecified atom stereocenters. The molecule has 0 spiro atoms. The summed E-state index contributed by atoms with van der Waals surface area (Å²) in [5, 5.41) is 10.4. The van der Waals surface area contributed by atoms with E-state index in [-0.39, 0.29) is 6.61 Å². The molecule has 5 nitrogen and oxygen atoms in total. The Morgan fingerprint density at radius 1 is 1.50 bits per heavy atom. The van der Waals surface area contributed by atoms with Gasteiger partial charge in [-0.1, -0.05) is 12.1 Å². The Labute approximate surface area is 109 Å². The lowest BCUT2D eigenvalue weighted by atomic mass is 10.2. The van der Waals surface area contributed by atoms with Crippen molar-refractivity contribution in [1.29, 1.82) is 0 Å². The van der Waals surface area contributed by atoms with Gasteiger partial charge in [0.25, 0.3) is 0 Å². The van der Waals surface area contributed by atoms with Crippen molar-refractivity contribution in [2.45, 2.75) is 24.0 Å². The number of carbonyl (C=O) groups excluding carboxylic acids is 1. The third kappa shape index (κ3) is 3.01. The van der Waals surface area contributed by atoms with Crippen LogP contribution in [0.2, 0.25) is 0 Å².